The first kappa shape index (κ1) is 9.93. The molecular formula is C10H13IOS. The molecule has 1 fully saturated rings. The van der Waals surface area contributed by atoms with Crippen LogP contribution in [0.15, 0.2) is 17.5 Å². The highest BCUT2D eigenvalue weighted by atomic mass is 127. The minimum absolute atomic E-state index is 0.00397. The van der Waals surface area contributed by atoms with Crippen LogP contribution in [0.3, 0.4) is 0 Å². The third kappa shape index (κ3) is 1.92. The second kappa shape index (κ2) is 3.87. The molecule has 0 radical (unpaired) electrons. The number of ether oxygens (including phenoxy) is 1. The van der Waals surface area contributed by atoms with Gasteiger partial charge in [0.2, 0.25) is 0 Å². The lowest BCUT2D eigenvalue weighted by Crippen LogP contribution is -2.21. The molecule has 72 valence electrons. The van der Waals surface area contributed by atoms with Gasteiger partial charge >= 0.3 is 0 Å². The first-order valence-corrected chi connectivity index (χ1v) is 6.93. The van der Waals surface area contributed by atoms with E-state index < -0.39 is 0 Å². The van der Waals surface area contributed by atoms with Crippen LogP contribution in [0.25, 0.3) is 0 Å². The van der Waals surface area contributed by atoms with Gasteiger partial charge in [0.15, 0.2) is 0 Å². The predicted molar refractivity (Wildman–Crippen MR) is 64.7 cm³/mol. The highest BCUT2D eigenvalue weighted by molar-refractivity contribution is 14.1. The van der Waals surface area contributed by atoms with E-state index in [1.165, 1.54) is 17.7 Å². The monoisotopic (exact) mass is 308 g/mol. The molecule has 1 aliphatic rings. The van der Waals surface area contributed by atoms with E-state index in [1.54, 1.807) is 11.3 Å². The molecule has 3 heteroatoms. The summed E-state index contributed by atoms with van der Waals surface area (Å²) in [6.45, 7) is 2.21. The van der Waals surface area contributed by atoms with Gasteiger partial charge < -0.3 is 4.74 Å². The van der Waals surface area contributed by atoms with Crippen LogP contribution in [-0.4, -0.2) is 10.5 Å². The summed E-state index contributed by atoms with van der Waals surface area (Å²) in [4.78, 5) is 1.37. The van der Waals surface area contributed by atoms with Crippen LogP contribution < -0.4 is 0 Å². The molecule has 2 atom stereocenters. The SMILES string of the molecule is CC1(c2cccs2)CCC(CI)O1. The zero-order chi connectivity index (χ0) is 9.31. The van der Waals surface area contributed by atoms with Crippen molar-refractivity contribution < 1.29 is 4.74 Å². The molecule has 0 amide bonds. The number of halogens is 1. The maximum absolute atomic E-state index is 6.05. The molecular weight excluding hydrogens is 295 g/mol. The Morgan fingerprint density at radius 3 is 3.15 bits per heavy atom. The van der Waals surface area contributed by atoms with Gasteiger partial charge in [-0.25, -0.2) is 0 Å². The smallest absolute Gasteiger partial charge is 0.0999 e. The van der Waals surface area contributed by atoms with Crippen molar-refractivity contribution in [3.05, 3.63) is 22.4 Å². The average Bonchev–Trinajstić information content (AvgIpc) is 2.72. The maximum atomic E-state index is 6.05. The zero-order valence-corrected chi connectivity index (χ0v) is 10.6. The second-order valence-corrected chi connectivity index (χ2v) is 5.47. The Morgan fingerprint density at radius 2 is 2.62 bits per heavy atom. The van der Waals surface area contributed by atoms with Crippen molar-refractivity contribution in [2.75, 3.05) is 4.43 Å². The van der Waals surface area contributed by atoms with Gasteiger partial charge in [-0.1, -0.05) is 28.7 Å². The second-order valence-electron chi connectivity index (χ2n) is 3.64. The maximum Gasteiger partial charge on any atom is 0.0999 e. The molecule has 0 spiro atoms. The molecule has 0 N–H and O–H groups in total. The fraction of sp³-hybridized carbons (Fsp3) is 0.600. The van der Waals surface area contributed by atoms with E-state index in [-0.39, 0.29) is 5.60 Å². The van der Waals surface area contributed by atoms with E-state index in [1.807, 2.05) is 0 Å². The lowest BCUT2D eigenvalue weighted by Gasteiger charge is -2.23. The zero-order valence-electron chi connectivity index (χ0n) is 7.63. The molecule has 0 aromatic carbocycles. The number of thiophene rings is 1. The molecule has 0 saturated carbocycles. The van der Waals surface area contributed by atoms with E-state index in [0.717, 1.165) is 4.43 Å². The van der Waals surface area contributed by atoms with Crippen molar-refractivity contribution in [3.63, 3.8) is 0 Å². The largest absolute Gasteiger partial charge is 0.366 e. The Bertz CT molecular complexity index is 272. The molecule has 1 aromatic rings. The van der Waals surface area contributed by atoms with E-state index in [9.17, 15) is 0 Å². The Kier molecular flexibility index (Phi) is 2.95. The number of rotatable bonds is 2. The van der Waals surface area contributed by atoms with Crippen molar-refractivity contribution in [3.8, 4) is 0 Å². The normalized spacial score (nSPS) is 33.8. The molecule has 1 nitrogen and oxygen atoms in total. The lowest BCUT2D eigenvalue weighted by atomic mass is 10.0. The Balaban J connectivity index is 2.15. The summed E-state index contributed by atoms with van der Waals surface area (Å²) in [5.41, 5.74) is 0.00397. The summed E-state index contributed by atoms with van der Waals surface area (Å²) in [5, 5.41) is 2.13. The molecule has 0 aliphatic carbocycles. The minimum atomic E-state index is 0.00397. The van der Waals surface area contributed by atoms with Gasteiger partial charge in [0.05, 0.1) is 11.7 Å². The average molecular weight is 308 g/mol. The number of hydrogen-bond donors (Lipinski definition) is 0. The van der Waals surface area contributed by atoms with Crippen LogP contribution in [0, 0.1) is 0 Å². The quantitative estimate of drug-likeness (QED) is 0.599. The summed E-state index contributed by atoms with van der Waals surface area (Å²) < 4.78 is 7.16. The third-order valence-corrected chi connectivity index (χ3v) is 4.68. The highest BCUT2D eigenvalue weighted by Gasteiger charge is 2.37. The van der Waals surface area contributed by atoms with E-state index >= 15 is 0 Å². The van der Waals surface area contributed by atoms with Crippen LogP contribution in [0.1, 0.15) is 24.6 Å². The molecule has 2 rings (SSSR count). The van der Waals surface area contributed by atoms with Crippen molar-refractivity contribution in [2.45, 2.75) is 31.5 Å². The van der Waals surface area contributed by atoms with Crippen molar-refractivity contribution in [1.82, 2.24) is 0 Å². The summed E-state index contributed by atoms with van der Waals surface area (Å²) >= 11 is 4.21. The molecule has 0 bridgehead atoms. The molecule has 1 aromatic heterocycles. The van der Waals surface area contributed by atoms with Crippen molar-refractivity contribution >= 4 is 33.9 Å². The van der Waals surface area contributed by atoms with Crippen LogP contribution in [0.5, 0.6) is 0 Å². The summed E-state index contributed by atoms with van der Waals surface area (Å²) in [5.74, 6) is 0. The summed E-state index contributed by atoms with van der Waals surface area (Å²) in [6, 6.07) is 4.28. The van der Waals surface area contributed by atoms with Crippen LogP contribution in [-0.2, 0) is 10.3 Å². The molecule has 13 heavy (non-hydrogen) atoms. The molecule has 1 aliphatic heterocycles. The van der Waals surface area contributed by atoms with Crippen LogP contribution in [0.2, 0.25) is 0 Å². The van der Waals surface area contributed by atoms with E-state index in [2.05, 4.69) is 47.0 Å². The Morgan fingerprint density at radius 1 is 1.77 bits per heavy atom. The highest BCUT2D eigenvalue weighted by Crippen LogP contribution is 2.41. The minimum Gasteiger partial charge on any atom is -0.366 e. The van der Waals surface area contributed by atoms with Crippen molar-refractivity contribution in [1.29, 1.82) is 0 Å². The van der Waals surface area contributed by atoms with Gasteiger partial charge in [0.25, 0.3) is 0 Å². The Hall–Kier alpha value is 0.390. The first-order chi connectivity index (χ1) is 6.24. The van der Waals surface area contributed by atoms with Crippen LogP contribution in [0.4, 0.5) is 0 Å². The molecule has 2 unspecified atom stereocenters. The standard InChI is InChI=1S/C10H13IOS/c1-10(9-3-2-6-13-9)5-4-8(7-11)12-10/h2-3,6,8H,4-5,7H2,1H3. The fourth-order valence-corrected chi connectivity index (χ4v) is 3.27. The molecule has 1 saturated heterocycles. The van der Waals surface area contributed by atoms with Gasteiger partial charge in [-0.3, -0.25) is 0 Å². The number of hydrogen-bond acceptors (Lipinski definition) is 2. The van der Waals surface area contributed by atoms with Gasteiger partial charge in [-0.05, 0) is 31.2 Å². The summed E-state index contributed by atoms with van der Waals surface area (Å²) in [7, 11) is 0. The van der Waals surface area contributed by atoms with Gasteiger partial charge in [0.1, 0.15) is 0 Å². The van der Waals surface area contributed by atoms with Crippen molar-refractivity contribution in [2.24, 2.45) is 0 Å². The lowest BCUT2D eigenvalue weighted by molar-refractivity contribution is -0.0188. The fourth-order valence-electron chi connectivity index (χ4n) is 1.79. The first-order valence-electron chi connectivity index (χ1n) is 4.52. The predicted octanol–water partition coefficient (Wildman–Crippen LogP) is 3.58. The summed E-state index contributed by atoms with van der Waals surface area (Å²) in [6.07, 6.45) is 2.84. The van der Waals surface area contributed by atoms with E-state index in [0.29, 0.717) is 6.10 Å². The van der Waals surface area contributed by atoms with Gasteiger partial charge in [0, 0.05) is 9.30 Å². The van der Waals surface area contributed by atoms with Gasteiger partial charge in [-0.2, -0.15) is 0 Å². The Labute approximate surface area is 96.6 Å². The van der Waals surface area contributed by atoms with Gasteiger partial charge in [-0.15, -0.1) is 11.3 Å². The van der Waals surface area contributed by atoms with Crippen LogP contribution >= 0.6 is 33.9 Å². The topological polar surface area (TPSA) is 9.23 Å². The number of alkyl halides is 1. The third-order valence-electron chi connectivity index (χ3n) is 2.58. The molecule has 2 heterocycles. The van der Waals surface area contributed by atoms with E-state index in [4.69, 9.17) is 4.74 Å².